The van der Waals surface area contributed by atoms with Crippen LogP contribution in [0.3, 0.4) is 0 Å². The fourth-order valence-electron chi connectivity index (χ4n) is 1.71. The first-order valence-electron chi connectivity index (χ1n) is 5.03. The molecule has 0 radical (unpaired) electrons. The van der Waals surface area contributed by atoms with Gasteiger partial charge in [0, 0.05) is 13.0 Å². The summed E-state index contributed by atoms with van der Waals surface area (Å²) in [6, 6.07) is 0. The molecule has 1 aliphatic heterocycles. The number of hydrogen-bond donors (Lipinski definition) is 1. The molecule has 1 N–H and O–H groups in total. The Bertz CT molecular complexity index is 249. The number of rotatable bonds is 2. The highest BCUT2D eigenvalue weighted by Crippen LogP contribution is 2.12. The molecule has 0 aromatic rings. The molecule has 0 saturated carbocycles. The van der Waals surface area contributed by atoms with Crippen molar-refractivity contribution in [1.29, 1.82) is 0 Å². The van der Waals surface area contributed by atoms with Crippen molar-refractivity contribution < 1.29 is 9.59 Å². The van der Waals surface area contributed by atoms with E-state index in [1.165, 1.54) is 0 Å². The molecule has 0 aromatic heterocycles. The fourth-order valence-corrected chi connectivity index (χ4v) is 1.71. The van der Waals surface area contributed by atoms with Crippen LogP contribution in [0.4, 0.5) is 0 Å². The minimum Gasteiger partial charge on any atom is -0.348 e. The molecule has 1 saturated heterocycles. The summed E-state index contributed by atoms with van der Waals surface area (Å²) in [6.07, 6.45) is 1.36. The summed E-state index contributed by atoms with van der Waals surface area (Å²) < 4.78 is 0. The first kappa shape index (κ1) is 11.0. The van der Waals surface area contributed by atoms with Crippen LogP contribution in [0, 0.1) is 0 Å². The zero-order valence-corrected chi connectivity index (χ0v) is 9.09. The van der Waals surface area contributed by atoms with E-state index in [4.69, 9.17) is 0 Å². The topological polar surface area (TPSA) is 49.4 Å². The van der Waals surface area contributed by atoms with Crippen molar-refractivity contribution in [2.75, 3.05) is 13.1 Å². The number of piperazine rings is 1. The number of carbonyl (C=O) groups is 2. The van der Waals surface area contributed by atoms with E-state index in [9.17, 15) is 9.59 Å². The van der Waals surface area contributed by atoms with Crippen molar-refractivity contribution in [1.82, 2.24) is 10.2 Å². The third kappa shape index (κ3) is 2.72. The average Bonchev–Trinajstić information content (AvgIpc) is 2.00. The molecule has 1 aliphatic rings. The Morgan fingerprint density at radius 3 is 2.71 bits per heavy atom. The summed E-state index contributed by atoms with van der Waals surface area (Å²) in [5.74, 6) is 0.0149. The standard InChI is InChI=1S/C10H18N2O2/c1-4-5-9(14)12-6-8(13)11-10(2,3)7-12/h4-7H2,1-3H3,(H,11,13). The molecular weight excluding hydrogens is 180 g/mol. The van der Waals surface area contributed by atoms with E-state index in [1.54, 1.807) is 4.90 Å². The van der Waals surface area contributed by atoms with E-state index in [1.807, 2.05) is 20.8 Å². The lowest BCUT2D eigenvalue weighted by atomic mass is 10.0. The van der Waals surface area contributed by atoms with Gasteiger partial charge in [-0.25, -0.2) is 0 Å². The highest BCUT2D eigenvalue weighted by molar-refractivity contribution is 5.86. The Labute approximate surface area is 84.7 Å². The molecule has 0 aromatic carbocycles. The molecule has 0 spiro atoms. The van der Waals surface area contributed by atoms with Gasteiger partial charge in [0.1, 0.15) is 0 Å². The Balaban J connectivity index is 2.62. The predicted molar refractivity (Wildman–Crippen MR) is 53.7 cm³/mol. The summed E-state index contributed by atoms with van der Waals surface area (Å²) in [5, 5.41) is 2.85. The van der Waals surface area contributed by atoms with Gasteiger partial charge in [-0.1, -0.05) is 6.92 Å². The van der Waals surface area contributed by atoms with Crippen LogP contribution < -0.4 is 5.32 Å². The average molecular weight is 198 g/mol. The maximum absolute atomic E-state index is 11.6. The van der Waals surface area contributed by atoms with E-state index >= 15 is 0 Å². The summed E-state index contributed by atoms with van der Waals surface area (Å²) in [5.41, 5.74) is -0.293. The van der Waals surface area contributed by atoms with Crippen LogP contribution in [-0.2, 0) is 9.59 Å². The van der Waals surface area contributed by atoms with E-state index in [-0.39, 0.29) is 23.9 Å². The van der Waals surface area contributed by atoms with Crippen molar-refractivity contribution in [2.45, 2.75) is 39.2 Å². The lowest BCUT2D eigenvalue weighted by Gasteiger charge is -2.38. The minimum absolute atomic E-state index is 0.0642. The van der Waals surface area contributed by atoms with Crippen molar-refractivity contribution in [3.8, 4) is 0 Å². The van der Waals surface area contributed by atoms with Crippen molar-refractivity contribution >= 4 is 11.8 Å². The highest BCUT2D eigenvalue weighted by Gasteiger charge is 2.32. The quantitative estimate of drug-likeness (QED) is 0.703. The van der Waals surface area contributed by atoms with Gasteiger partial charge in [-0.05, 0) is 20.3 Å². The zero-order chi connectivity index (χ0) is 10.8. The molecular formula is C10H18N2O2. The first-order valence-corrected chi connectivity index (χ1v) is 5.03. The van der Waals surface area contributed by atoms with Crippen LogP contribution >= 0.6 is 0 Å². The maximum atomic E-state index is 11.6. The van der Waals surface area contributed by atoms with Gasteiger partial charge in [-0.2, -0.15) is 0 Å². The minimum atomic E-state index is -0.293. The Hall–Kier alpha value is -1.06. The number of nitrogens with zero attached hydrogens (tertiary/aromatic N) is 1. The molecule has 0 unspecified atom stereocenters. The van der Waals surface area contributed by atoms with E-state index in [0.29, 0.717) is 13.0 Å². The van der Waals surface area contributed by atoms with Gasteiger partial charge in [0.05, 0.1) is 12.1 Å². The predicted octanol–water partition coefficient (Wildman–Crippen LogP) is 0.523. The van der Waals surface area contributed by atoms with Gasteiger partial charge >= 0.3 is 0 Å². The molecule has 80 valence electrons. The number of carbonyl (C=O) groups excluding carboxylic acids is 2. The molecule has 4 nitrogen and oxygen atoms in total. The Morgan fingerprint density at radius 2 is 2.21 bits per heavy atom. The summed E-state index contributed by atoms with van der Waals surface area (Å²) in [4.78, 5) is 24.5. The lowest BCUT2D eigenvalue weighted by Crippen LogP contribution is -2.61. The van der Waals surface area contributed by atoms with Crippen LogP contribution in [0.1, 0.15) is 33.6 Å². The smallest absolute Gasteiger partial charge is 0.240 e. The summed E-state index contributed by atoms with van der Waals surface area (Å²) >= 11 is 0. The van der Waals surface area contributed by atoms with Crippen LogP contribution in [0.15, 0.2) is 0 Å². The normalized spacial score (nSPS) is 20.5. The lowest BCUT2D eigenvalue weighted by molar-refractivity contribution is -0.141. The molecule has 4 heteroatoms. The van der Waals surface area contributed by atoms with Gasteiger partial charge in [-0.3, -0.25) is 9.59 Å². The van der Waals surface area contributed by atoms with Gasteiger partial charge < -0.3 is 10.2 Å². The molecule has 14 heavy (non-hydrogen) atoms. The number of nitrogens with one attached hydrogen (secondary N) is 1. The number of amides is 2. The van der Waals surface area contributed by atoms with Crippen LogP contribution in [0.5, 0.6) is 0 Å². The van der Waals surface area contributed by atoms with Gasteiger partial charge in [-0.15, -0.1) is 0 Å². The van der Waals surface area contributed by atoms with E-state index in [2.05, 4.69) is 5.32 Å². The third-order valence-corrected chi connectivity index (χ3v) is 2.21. The number of hydrogen-bond acceptors (Lipinski definition) is 2. The monoisotopic (exact) mass is 198 g/mol. The van der Waals surface area contributed by atoms with Gasteiger partial charge in [0.2, 0.25) is 11.8 Å². The fraction of sp³-hybridized carbons (Fsp3) is 0.800. The molecule has 0 atom stereocenters. The van der Waals surface area contributed by atoms with Crippen LogP contribution in [0.2, 0.25) is 0 Å². The Kier molecular flexibility index (Phi) is 3.13. The van der Waals surface area contributed by atoms with E-state index in [0.717, 1.165) is 6.42 Å². The maximum Gasteiger partial charge on any atom is 0.240 e. The van der Waals surface area contributed by atoms with Crippen molar-refractivity contribution in [3.05, 3.63) is 0 Å². The van der Waals surface area contributed by atoms with Crippen LogP contribution in [-0.4, -0.2) is 35.3 Å². The molecule has 1 heterocycles. The van der Waals surface area contributed by atoms with Crippen LogP contribution in [0.25, 0.3) is 0 Å². The second-order valence-corrected chi connectivity index (χ2v) is 4.43. The largest absolute Gasteiger partial charge is 0.348 e. The molecule has 1 rings (SSSR count). The second-order valence-electron chi connectivity index (χ2n) is 4.43. The Morgan fingerprint density at radius 1 is 1.57 bits per heavy atom. The highest BCUT2D eigenvalue weighted by atomic mass is 16.2. The molecule has 2 amide bonds. The SMILES string of the molecule is CCCC(=O)N1CC(=O)NC(C)(C)C1. The van der Waals surface area contributed by atoms with Crippen molar-refractivity contribution in [3.63, 3.8) is 0 Å². The molecule has 0 bridgehead atoms. The van der Waals surface area contributed by atoms with Gasteiger partial charge in [0.25, 0.3) is 0 Å². The molecule has 1 fully saturated rings. The zero-order valence-electron chi connectivity index (χ0n) is 9.09. The summed E-state index contributed by atoms with van der Waals surface area (Å²) in [6.45, 7) is 6.64. The van der Waals surface area contributed by atoms with Crippen molar-refractivity contribution in [2.24, 2.45) is 0 Å². The van der Waals surface area contributed by atoms with Gasteiger partial charge in [0.15, 0.2) is 0 Å². The van der Waals surface area contributed by atoms with E-state index < -0.39 is 0 Å². The molecule has 0 aliphatic carbocycles. The second kappa shape index (κ2) is 3.98. The first-order chi connectivity index (χ1) is 6.44. The third-order valence-electron chi connectivity index (χ3n) is 2.21. The summed E-state index contributed by atoms with van der Waals surface area (Å²) in [7, 11) is 0.